The predicted octanol–water partition coefficient (Wildman–Crippen LogP) is 2.28. The molecule has 2 aromatic rings. The van der Waals surface area contributed by atoms with Crippen molar-refractivity contribution in [2.45, 2.75) is 38.8 Å². The number of halogens is 1. The van der Waals surface area contributed by atoms with Crippen LogP contribution in [0.1, 0.15) is 31.7 Å². The third-order valence-electron chi connectivity index (χ3n) is 3.10. The molecule has 0 aliphatic carbocycles. The van der Waals surface area contributed by atoms with Gasteiger partial charge in [-0.25, -0.2) is 14.1 Å². The van der Waals surface area contributed by atoms with Crippen LogP contribution in [0, 0.1) is 5.82 Å². The van der Waals surface area contributed by atoms with Crippen molar-refractivity contribution in [3.05, 3.63) is 47.8 Å². The molecular formula is C14H18FN3O. The summed E-state index contributed by atoms with van der Waals surface area (Å²) in [5.74, 6) is 0.421. The van der Waals surface area contributed by atoms with Crippen LogP contribution >= 0.6 is 0 Å². The van der Waals surface area contributed by atoms with Gasteiger partial charge in [0.2, 0.25) is 0 Å². The Balaban J connectivity index is 2.20. The topological polar surface area (TPSA) is 50.9 Å². The Labute approximate surface area is 111 Å². The fourth-order valence-corrected chi connectivity index (χ4v) is 2.04. The van der Waals surface area contributed by atoms with Crippen molar-refractivity contribution < 1.29 is 9.50 Å². The van der Waals surface area contributed by atoms with E-state index in [4.69, 9.17) is 0 Å². The fourth-order valence-electron chi connectivity index (χ4n) is 2.04. The molecule has 0 bridgehead atoms. The highest BCUT2D eigenvalue weighted by Gasteiger charge is 2.26. The first-order valence-electron chi connectivity index (χ1n) is 6.38. The molecule has 1 atom stereocenters. The van der Waals surface area contributed by atoms with Crippen LogP contribution in [0.4, 0.5) is 4.39 Å². The maximum atomic E-state index is 12.9. The van der Waals surface area contributed by atoms with Crippen LogP contribution in [0.15, 0.2) is 30.6 Å². The van der Waals surface area contributed by atoms with E-state index in [0.717, 1.165) is 18.8 Å². The van der Waals surface area contributed by atoms with Crippen molar-refractivity contribution in [3.8, 4) is 0 Å². The van der Waals surface area contributed by atoms with Crippen molar-refractivity contribution in [2.24, 2.45) is 0 Å². The number of rotatable bonds is 5. The molecule has 102 valence electrons. The smallest absolute Gasteiger partial charge is 0.138 e. The molecule has 19 heavy (non-hydrogen) atoms. The molecule has 0 spiro atoms. The molecule has 5 heteroatoms. The standard InChI is InChI=1S/C14H18FN3O/c1-3-8-18-13(16-10-17-18)9-14(2,19)11-4-6-12(15)7-5-11/h4-7,10,19H,3,8-9H2,1-2H3. The molecule has 0 saturated carbocycles. The minimum absolute atomic E-state index is 0.311. The maximum absolute atomic E-state index is 12.9. The van der Waals surface area contributed by atoms with E-state index < -0.39 is 5.60 Å². The molecule has 1 unspecified atom stereocenters. The Bertz CT molecular complexity index is 534. The lowest BCUT2D eigenvalue weighted by atomic mass is 9.92. The zero-order valence-corrected chi connectivity index (χ0v) is 11.2. The molecule has 0 aliphatic rings. The predicted molar refractivity (Wildman–Crippen MR) is 70.0 cm³/mol. The number of aryl methyl sites for hydroxylation is 1. The van der Waals surface area contributed by atoms with E-state index in [0.29, 0.717) is 12.0 Å². The van der Waals surface area contributed by atoms with Gasteiger partial charge in [-0.3, -0.25) is 0 Å². The molecule has 1 aromatic carbocycles. The van der Waals surface area contributed by atoms with Crippen molar-refractivity contribution in [3.63, 3.8) is 0 Å². The Morgan fingerprint density at radius 1 is 1.32 bits per heavy atom. The highest BCUT2D eigenvalue weighted by atomic mass is 19.1. The van der Waals surface area contributed by atoms with Crippen molar-refractivity contribution in [2.75, 3.05) is 0 Å². The third kappa shape index (κ3) is 3.17. The second-order valence-electron chi connectivity index (χ2n) is 4.86. The summed E-state index contributed by atoms with van der Waals surface area (Å²) in [5.41, 5.74) is -0.424. The van der Waals surface area contributed by atoms with Crippen molar-refractivity contribution in [1.29, 1.82) is 0 Å². The molecule has 0 radical (unpaired) electrons. The molecule has 1 N–H and O–H groups in total. The van der Waals surface area contributed by atoms with Gasteiger partial charge in [-0.1, -0.05) is 19.1 Å². The van der Waals surface area contributed by atoms with E-state index in [2.05, 4.69) is 17.0 Å². The molecule has 1 heterocycles. The quantitative estimate of drug-likeness (QED) is 0.900. The average molecular weight is 263 g/mol. The molecular weight excluding hydrogens is 245 g/mol. The highest BCUT2D eigenvalue weighted by molar-refractivity contribution is 5.23. The Morgan fingerprint density at radius 3 is 2.63 bits per heavy atom. The number of nitrogens with zero attached hydrogens (tertiary/aromatic N) is 3. The zero-order chi connectivity index (χ0) is 13.9. The molecule has 4 nitrogen and oxygen atoms in total. The van der Waals surface area contributed by atoms with Gasteiger partial charge in [0.25, 0.3) is 0 Å². The fraction of sp³-hybridized carbons (Fsp3) is 0.429. The monoisotopic (exact) mass is 263 g/mol. The SMILES string of the molecule is CCCn1ncnc1CC(C)(O)c1ccc(F)cc1. The number of aromatic nitrogens is 3. The first-order chi connectivity index (χ1) is 9.03. The van der Waals surface area contributed by atoms with Crippen LogP contribution in [-0.2, 0) is 18.6 Å². The minimum Gasteiger partial charge on any atom is -0.385 e. The van der Waals surface area contributed by atoms with Gasteiger partial charge in [0, 0.05) is 13.0 Å². The van der Waals surface area contributed by atoms with E-state index in [1.54, 1.807) is 23.7 Å². The van der Waals surface area contributed by atoms with Crippen LogP contribution in [-0.4, -0.2) is 19.9 Å². The van der Waals surface area contributed by atoms with E-state index >= 15 is 0 Å². The van der Waals surface area contributed by atoms with Crippen molar-refractivity contribution in [1.82, 2.24) is 14.8 Å². The number of benzene rings is 1. The van der Waals surface area contributed by atoms with E-state index in [-0.39, 0.29) is 5.82 Å². The largest absolute Gasteiger partial charge is 0.385 e. The maximum Gasteiger partial charge on any atom is 0.138 e. The van der Waals surface area contributed by atoms with Gasteiger partial charge in [0.15, 0.2) is 0 Å². The van der Waals surface area contributed by atoms with Gasteiger partial charge in [-0.05, 0) is 31.0 Å². The first-order valence-corrected chi connectivity index (χ1v) is 6.38. The van der Waals surface area contributed by atoms with Gasteiger partial charge < -0.3 is 5.11 Å². The summed E-state index contributed by atoms with van der Waals surface area (Å²) < 4.78 is 14.7. The van der Waals surface area contributed by atoms with Gasteiger partial charge in [-0.2, -0.15) is 5.10 Å². The van der Waals surface area contributed by atoms with Gasteiger partial charge in [0.1, 0.15) is 18.0 Å². The molecule has 0 aliphatic heterocycles. The highest BCUT2D eigenvalue weighted by Crippen LogP contribution is 2.24. The second kappa shape index (κ2) is 5.48. The molecule has 1 aromatic heterocycles. The van der Waals surface area contributed by atoms with E-state index in [1.807, 2.05) is 0 Å². The van der Waals surface area contributed by atoms with Crippen LogP contribution in [0.5, 0.6) is 0 Å². The third-order valence-corrected chi connectivity index (χ3v) is 3.10. The number of aliphatic hydroxyl groups is 1. The second-order valence-corrected chi connectivity index (χ2v) is 4.86. The van der Waals surface area contributed by atoms with Gasteiger partial charge in [-0.15, -0.1) is 0 Å². The molecule has 0 amide bonds. The van der Waals surface area contributed by atoms with Crippen LogP contribution < -0.4 is 0 Å². The molecule has 2 rings (SSSR count). The Hall–Kier alpha value is -1.75. The summed E-state index contributed by atoms with van der Waals surface area (Å²) in [5, 5.41) is 14.7. The Morgan fingerprint density at radius 2 is 2.00 bits per heavy atom. The van der Waals surface area contributed by atoms with E-state index in [1.165, 1.54) is 18.5 Å². The number of hydrogen-bond donors (Lipinski definition) is 1. The van der Waals surface area contributed by atoms with Crippen LogP contribution in [0.25, 0.3) is 0 Å². The average Bonchev–Trinajstić information content (AvgIpc) is 2.77. The van der Waals surface area contributed by atoms with E-state index in [9.17, 15) is 9.50 Å². The summed E-state index contributed by atoms with van der Waals surface area (Å²) in [6, 6.07) is 5.88. The molecule has 0 fully saturated rings. The zero-order valence-electron chi connectivity index (χ0n) is 11.2. The summed E-state index contributed by atoms with van der Waals surface area (Å²) in [6.07, 6.45) is 2.79. The summed E-state index contributed by atoms with van der Waals surface area (Å²) in [4.78, 5) is 4.18. The van der Waals surface area contributed by atoms with Gasteiger partial charge in [0.05, 0.1) is 5.60 Å². The summed E-state index contributed by atoms with van der Waals surface area (Å²) >= 11 is 0. The first kappa shape index (κ1) is 13.7. The summed E-state index contributed by atoms with van der Waals surface area (Å²) in [6.45, 7) is 4.53. The normalized spacial score (nSPS) is 14.3. The molecule has 0 saturated heterocycles. The van der Waals surface area contributed by atoms with Crippen molar-refractivity contribution >= 4 is 0 Å². The van der Waals surface area contributed by atoms with Gasteiger partial charge >= 0.3 is 0 Å². The lowest BCUT2D eigenvalue weighted by molar-refractivity contribution is 0.0541. The lowest BCUT2D eigenvalue weighted by Crippen LogP contribution is -2.26. The minimum atomic E-state index is -1.09. The summed E-state index contributed by atoms with van der Waals surface area (Å²) in [7, 11) is 0. The lowest BCUT2D eigenvalue weighted by Gasteiger charge is -2.23. The van der Waals surface area contributed by atoms with Crippen LogP contribution in [0.3, 0.4) is 0 Å². The Kier molecular flexibility index (Phi) is 3.95. The van der Waals surface area contributed by atoms with Crippen LogP contribution in [0.2, 0.25) is 0 Å². The number of hydrogen-bond acceptors (Lipinski definition) is 3.